The van der Waals surface area contributed by atoms with E-state index >= 15 is 0 Å². The van der Waals surface area contributed by atoms with E-state index < -0.39 is 5.41 Å². The fourth-order valence-electron chi connectivity index (χ4n) is 1.03. The molecule has 15 heavy (non-hydrogen) atoms. The zero-order valence-corrected chi connectivity index (χ0v) is 9.54. The smallest absolute Gasteiger partial charge is 0.311 e. The van der Waals surface area contributed by atoms with Crippen LogP contribution in [0.1, 0.15) is 27.2 Å². The van der Waals surface area contributed by atoms with Crippen LogP contribution in [0.5, 0.6) is 0 Å². The lowest BCUT2D eigenvalue weighted by Crippen LogP contribution is -2.29. The number of hydrogen-bond donors (Lipinski definition) is 0. The normalized spacial score (nSPS) is 20.7. The van der Waals surface area contributed by atoms with E-state index in [1.807, 2.05) is 20.8 Å². The number of esters is 1. The molecule has 0 aromatic heterocycles. The van der Waals surface area contributed by atoms with Gasteiger partial charge >= 0.3 is 5.97 Å². The van der Waals surface area contributed by atoms with Gasteiger partial charge in [0.2, 0.25) is 0 Å². The van der Waals surface area contributed by atoms with Crippen LogP contribution in [0.3, 0.4) is 0 Å². The van der Waals surface area contributed by atoms with Gasteiger partial charge in [-0.1, -0.05) is 6.92 Å². The summed E-state index contributed by atoms with van der Waals surface area (Å²) in [6, 6.07) is 0. The van der Waals surface area contributed by atoms with E-state index in [1.165, 1.54) is 0 Å². The first kappa shape index (κ1) is 11.9. The second-order valence-electron chi connectivity index (χ2n) is 4.26. The van der Waals surface area contributed by atoms with Crippen molar-refractivity contribution in [2.45, 2.75) is 33.3 Å². The lowest BCUT2D eigenvalue weighted by Gasteiger charge is -2.21. The van der Waals surface area contributed by atoms with E-state index in [9.17, 15) is 4.79 Å². The van der Waals surface area contributed by atoms with Gasteiger partial charge in [0, 0.05) is 0 Å². The van der Waals surface area contributed by atoms with E-state index in [-0.39, 0.29) is 18.7 Å². The Hall–Kier alpha value is -1.19. The molecule has 0 aromatic carbocycles. The van der Waals surface area contributed by atoms with Crippen molar-refractivity contribution in [2.75, 3.05) is 13.2 Å². The Bertz CT molecular complexity index is 257. The predicted octanol–water partition coefficient (Wildman–Crippen LogP) is 1.85. The van der Waals surface area contributed by atoms with Crippen LogP contribution in [0, 0.1) is 5.41 Å². The van der Waals surface area contributed by atoms with E-state index in [0.717, 1.165) is 6.42 Å². The summed E-state index contributed by atoms with van der Waals surface area (Å²) in [4.78, 5) is 11.6. The number of carbonyl (C=O) groups is 1. The number of ether oxygens (including phenoxy) is 3. The SMILES string of the molecule is C=C1OCC(COC(=O)C(C)(C)CC)O1. The minimum atomic E-state index is -0.434. The van der Waals surface area contributed by atoms with Crippen LogP contribution in [0.25, 0.3) is 0 Å². The molecule has 1 aliphatic heterocycles. The molecule has 86 valence electrons. The summed E-state index contributed by atoms with van der Waals surface area (Å²) in [5.41, 5.74) is -0.434. The average molecular weight is 214 g/mol. The van der Waals surface area contributed by atoms with Gasteiger partial charge in [-0.15, -0.1) is 0 Å². The summed E-state index contributed by atoms with van der Waals surface area (Å²) >= 11 is 0. The minimum Gasteiger partial charge on any atom is -0.462 e. The summed E-state index contributed by atoms with van der Waals surface area (Å²) < 4.78 is 15.3. The van der Waals surface area contributed by atoms with Gasteiger partial charge in [-0.3, -0.25) is 4.79 Å². The quantitative estimate of drug-likeness (QED) is 0.670. The molecule has 0 spiro atoms. The molecule has 4 nitrogen and oxygen atoms in total. The van der Waals surface area contributed by atoms with E-state index in [4.69, 9.17) is 14.2 Å². The summed E-state index contributed by atoms with van der Waals surface area (Å²) in [7, 11) is 0. The molecule has 4 heteroatoms. The van der Waals surface area contributed by atoms with Crippen molar-refractivity contribution in [1.29, 1.82) is 0 Å². The standard InChI is InChI=1S/C11H18O4/c1-5-11(3,4)10(12)14-7-9-6-13-8(2)15-9/h9H,2,5-7H2,1,3-4H3. The molecular weight excluding hydrogens is 196 g/mol. The van der Waals surface area contributed by atoms with Crippen LogP contribution in [-0.4, -0.2) is 25.3 Å². The monoisotopic (exact) mass is 214 g/mol. The Balaban J connectivity index is 2.31. The maximum atomic E-state index is 11.6. The maximum absolute atomic E-state index is 11.6. The van der Waals surface area contributed by atoms with Gasteiger partial charge < -0.3 is 14.2 Å². The van der Waals surface area contributed by atoms with Gasteiger partial charge in [-0.05, 0) is 26.8 Å². The molecule has 1 heterocycles. The summed E-state index contributed by atoms with van der Waals surface area (Å²) in [6.45, 7) is 9.82. The molecule has 1 atom stereocenters. The number of rotatable bonds is 4. The predicted molar refractivity (Wildman–Crippen MR) is 55.0 cm³/mol. The molecule has 0 amide bonds. The van der Waals surface area contributed by atoms with Gasteiger partial charge in [0.15, 0.2) is 6.10 Å². The Morgan fingerprint density at radius 3 is 2.80 bits per heavy atom. The molecule has 1 saturated heterocycles. The zero-order chi connectivity index (χ0) is 11.5. The fraction of sp³-hybridized carbons (Fsp3) is 0.727. The van der Waals surface area contributed by atoms with Crippen LogP contribution in [-0.2, 0) is 19.0 Å². The van der Waals surface area contributed by atoms with E-state index in [2.05, 4.69) is 6.58 Å². The Labute approximate surface area is 90.2 Å². The topological polar surface area (TPSA) is 44.8 Å². The van der Waals surface area contributed by atoms with Crippen LogP contribution >= 0.6 is 0 Å². The average Bonchev–Trinajstić information content (AvgIpc) is 2.60. The molecular formula is C11H18O4. The van der Waals surface area contributed by atoms with E-state index in [0.29, 0.717) is 12.6 Å². The molecule has 1 fully saturated rings. The molecule has 1 aliphatic rings. The second kappa shape index (κ2) is 4.55. The van der Waals surface area contributed by atoms with Crippen molar-refractivity contribution in [3.63, 3.8) is 0 Å². The lowest BCUT2D eigenvalue weighted by atomic mass is 9.91. The van der Waals surface area contributed by atoms with Gasteiger partial charge in [-0.25, -0.2) is 0 Å². The third-order valence-corrected chi connectivity index (χ3v) is 2.57. The van der Waals surface area contributed by atoms with E-state index in [1.54, 1.807) is 0 Å². The fourth-order valence-corrected chi connectivity index (χ4v) is 1.03. The van der Waals surface area contributed by atoms with Crippen molar-refractivity contribution in [3.8, 4) is 0 Å². The largest absolute Gasteiger partial charge is 0.462 e. The molecule has 1 rings (SSSR count). The highest BCUT2D eigenvalue weighted by Crippen LogP contribution is 2.22. The Morgan fingerprint density at radius 1 is 1.67 bits per heavy atom. The van der Waals surface area contributed by atoms with Crippen LogP contribution in [0.2, 0.25) is 0 Å². The van der Waals surface area contributed by atoms with Crippen LogP contribution < -0.4 is 0 Å². The number of carbonyl (C=O) groups excluding carboxylic acids is 1. The molecule has 1 unspecified atom stereocenters. The highest BCUT2D eigenvalue weighted by atomic mass is 16.7. The highest BCUT2D eigenvalue weighted by Gasteiger charge is 2.29. The number of hydrogen-bond acceptors (Lipinski definition) is 4. The van der Waals surface area contributed by atoms with Crippen molar-refractivity contribution in [1.82, 2.24) is 0 Å². The first-order chi connectivity index (χ1) is 6.95. The first-order valence-electron chi connectivity index (χ1n) is 5.11. The summed E-state index contributed by atoms with van der Waals surface area (Å²) in [6.07, 6.45) is 0.537. The molecule has 0 bridgehead atoms. The van der Waals surface area contributed by atoms with Crippen LogP contribution in [0.15, 0.2) is 12.5 Å². The van der Waals surface area contributed by atoms with Crippen molar-refractivity contribution in [2.24, 2.45) is 5.41 Å². The third-order valence-electron chi connectivity index (χ3n) is 2.57. The van der Waals surface area contributed by atoms with Crippen molar-refractivity contribution >= 4 is 5.97 Å². The highest BCUT2D eigenvalue weighted by molar-refractivity contribution is 5.75. The molecule has 0 N–H and O–H groups in total. The van der Waals surface area contributed by atoms with Crippen LogP contribution in [0.4, 0.5) is 0 Å². The molecule has 0 radical (unpaired) electrons. The minimum absolute atomic E-state index is 0.203. The second-order valence-corrected chi connectivity index (χ2v) is 4.26. The van der Waals surface area contributed by atoms with Gasteiger partial charge in [0.1, 0.15) is 13.2 Å². The van der Waals surface area contributed by atoms with Crippen molar-refractivity contribution < 1.29 is 19.0 Å². The summed E-state index contributed by atoms with van der Waals surface area (Å²) in [5.74, 6) is 0.0944. The molecule has 0 aliphatic carbocycles. The Kier molecular flexibility index (Phi) is 3.61. The maximum Gasteiger partial charge on any atom is 0.311 e. The van der Waals surface area contributed by atoms with Gasteiger partial charge in [0.25, 0.3) is 5.95 Å². The first-order valence-corrected chi connectivity index (χ1v) is 5.11. The van der Waals surface area contributed by atoms with Gasteiger partial charge in [-0.2, -0.15) is 0 Å². The Morgan fingerprint density at radius 2 is 2.33 bits per heavy atom. The third kappa shape index (κ3) is 3.15. The summed E-state index contributed by atoms with van der Waals surface area (Å²) in [5, 5.41) is 0. The van der Waals surface area contributed by atoms with Gasteiger partial charge in [0.05, 0.1) is 5.41 Å². The van der Waals surface area contributed by atoms with Crippen molar-refractivity contribution in [3.05, 3.63) is 12.5 Å². The molecule has 0 saturated carbocycles. The zero-order valence-electron chi connectivity index (χ0n) is 9.54. The lowest BCUT2D eigenvalue weighted by molar-refractivity contribution is -0.156. The molecule has 0 aromatic rings.